The van der Waals surface area contributed by atoms with Gasteiger partial charge in [-0.15, -0.1) is 12.4 Å². The third-order valence-electron chi connectivity index (χ3n) is 4.95. The number of carbonyl (C=O) groups excluding carboxylic acids is 1. The van der Waals surface area contributed by atoms with Crippen molar-refractivity contribution in [2.45, 2.75) is 64.5 Å². The maximum Gasteiger partial charge on any atom is 0.223 e. The Morgan fingerprint density at radius 1 is 1.24 bits per heavy atom. The monoisotopic (exact) mass is 318 g/mol. The summed E-state index contributed by atoms with van der Waals surface area (Å²) < 4.78 is 5.92. The molecule has 1 amide bonds. The van der Waals surface area contributed by atoms with Gasteiger partial charge in [0.1, 0.15) is 0 Å². The van der Waals surface area contributed by atoms with E-state index in [4.69, 9.17) is 4.74 Å². The van der Waals surface area contributed by atoms with E-state index in [0.29, 0.717) is 18.1 Å². The van der Waals surface area contributed by atoms with Crippen LogP contribution in [-0.4, -0.2) is 37.7 Å². The summed E-state index contributed by atoms with van der Waals surface area (Å²) in [5.41, 5.74) is 0. The summed E-state index contributed by atoms with van der Waals surface area (Å²) in [7, 11) is 0. The molecule has 21 heavy (non-hydrogen) atoms. The Kier molecular flexibility index (Phi) is 8.60. The van der Waals surface area contributed by atoms with Crippen LogP contribution in [-0.2, 0) is 9.53 Å². The summed E-state index contributed by atoms with van der Waals surface area (Å²) in [6.07, 6.45) is 6.57. The second-order valence-corrected chi connectivity index (χ2v) is 6.24. The largest absolute Gasteiger partial charge is 0.378 e. The Balaban J connectivity index is 0.00000220. The molecule has 2 heterocycles. The highest BCUT2D eigenvalue weighted by molar-refractivity contribution is 5.85. The molecule has 2 atom stereocenters. The Labute approximate surface area is 135 Å². The molecule has 0 saturated carbocycles. The summed E-state index contributed by atoms with van der Waals surface area (Å²) in [6, 6.07) is 0.316. The van der Waals surface area contributed by atoms with Crippen LogP contribution in [0.5, 0.6) is 0 Å². The number of halogens is 1. The van der Waals surface area contributed by atoms with Crippen molar-refractivity contribution in [2.24, 2.45) is 11.8 Å². The van der Waals surface area contributed by atoms with Crippen molar-refractivity contribution in [1.82, 2.24) is 10.6 Å². The number of hydrogen-bond donors (Lipinski definition) is 2. The van der Waals surface area contributed by atoms with Crippen LogP contribution in [0.1, 0.15) is 52.4 Å². The molecule has 2 rings (SSSR count). The number of rotatable bonds is 5. The minimum atomic E-state index is 0. The van der Waals surface area contributed by atoms with Gasteiger partial charge < -0.3 is 15.4 Å². The molecule has 2 aliphatic heterocycles. The Hall–Kier alpha value is -0.320. The van der Waals surface area contributed by atoms with Gasteiger partial charge in [-0.1, -0.05) is 26.7 Å². The van der Waals surface area contributed by atoms with E-state index < -0.39 is 0 Å². The predicted molar refractivity (Wildman–Crippen MR) is 87.8 cm³/mol. The highest BCUT2D eigenvalue weighted by Crippen LogP contribution is 2.25. The van der Waals surface area contributed by atoms with E-state index in [1.54, 1.807) is 0 Å². The van der Waals surface area contributed by atoms with Gasteiger partial charge in [-0.2, -0.15) is 0 Å². The first-order valence-electron chi connectivity index (χ1n) is 8.37. The first kappa shape index (κ1) is 18.7. The van der Waals surface area contributed by atoms with Crippen molar-refractivity contribution in [3.8, 4) is 0 Å². The standard InChI is InChI=1S/C16H30N2O2.ClH/c1-3-12(4-2)15-11-14(7-10-20-15)18-16(19)13-5-8-17-9-6-13;/h12-15,17H,3-11H2,1-2H3,(H,18,19);1H. The Bertz CT molecular complexity index is 305. The van der Waals surface area contributed by atoms with Crippen molar-refractivity contribution < 1.29 is 9.53 Å². The highest BCUT2D eigenvalue weighted by Gasteiger charge is 2.30. The minimum Gasteiger partial charge on any atom is -0.378 e. The van der Waals surface area contributed by atoms with E-state index in [1.807, 2.05) is 0 Å². The van der Waals surface area contributed by atoms with E-state index in [9.17, 15) is 4.79 Å². The molecular formula is C16H31ClN2O2. The number of hydrogen-bond acceptors (Lipinski definition) is 3. The van der Waals surface area contributed by atoms with Gasteiger partial charge in [0.25, 0.3) is 0 Å². The maximum absolute atomic E-state index is 12.3. The average Bonchev–Trinajstić information content (AvgIpc) is 2.50. The van der Waals surface area contributed by atoms with Gasteiger partial charge >= 0.3 is 0 Å². The predicted octanol–water partition coefficient (Wildman–Crippen LogP) is 2.51. The van der Waals surface area contributed by atoms with Crippen LogP contribution in [0.3, 0.4) is 0 Å². The molecule has 4 nitrogen and oxygen atoms in total. The molecule has 2 unspecified atom stereocenters. The number of carbonyl (C=O) groups is 1. The van der Waals surface area contributed by atoms with Crippen LogP contribution < -0.4 is 10.6 Å². The smallest absolute Gasteiger partial charge is 0.223 e. The topological polar surface area (TPSA) is 50.4 Å². The van der Waals surface area contributed by atoms with Gasteiger partial charge in [0.15, 0.2) is 0 Å². The third-order valence-corrected chi connectivity index (χ3v) is 4.95. The fourth-order valence-electron chi connectivity index (χ4n) is 3.51. The molecule has 0 aliphatic carbocycles. The Morgan fingerprint density at radius 3 is 2.52 bits per heavy atom. The van der Waals surface area contributed by atoms with Crippen LogP contribution >= 0.6 is 12.4 Å². The third kappa shape index (κ3) is 5.42. The lowest BCUT2D eigenvalue weighted by molar-refractivity contribution is -0.127. The van der Waals surface area contributed by atoms with Crippen molar-refractivity contribution in [1.29, 1.82) is 0 Å². The van der Waals surface area contributed by atoms with Crippen molar-refractivity contribution in [3.63, 3.8) is 0 Å². The van der Waals surface area contributed by atoms with Crippen molar-refractivity contribution in [2.75, 3.05) is 19.7 Å². The van der Waals surface area contributed by atoms with E-state index in [-0.39, 0.29) is 24.2 Å². The fraction of sp³-hybridized carbons (Fsp3) is 0.938. The fourth-order valence-corrected chi connectivity index (χ4v) is 3.51. The zero-order valence-corrected chi connectivity index (χ0v) is 14.2. The molecule has 5 heteroatoms. The van der Waals surface area contributed by atoms with Crippen molar-refractivity contribution in [3.05, 3.63) is 0 Å². The molecule has 2 aliphatic rings. The maximum atomic E-state index is 12.3. The molecule has 2 fully saturated rings. The second kappa shape index (κ2) is 9.65. The molecule has 0 radical (unpaired) electrons. The van der Waals surface area contributed by atoms with Gasteiger partial charge in [0.2, 0.25) is 5.91 Å². The number of amides is 1. The van der Waals surface area contributed by atoms with E-state index in [0.717, 1.165) is 58.2 Å². The van der Waals surface area contributed by atoms with Gasteiger partial charge in [-0.25, -0.2) is 0 Å². The summed E-state index contributed by atoms with van der Waals surface area (Å²) in [5, 5.41) is 6.59. The van der Waals surface area contributed by atoms with E-state index in [2.05, 4.69) is 24.5 Å². The van der Waals surface area contributed by atoms with E-state index in [1.165, 1.54) is 0 Å². The SMILES string of the molecule is CCC(CC)C1CC(NC(=O)C2CCNCC2)CCO1.Cl. The van der Waals surface area contributed by atoms with Crippen LogP contribution in [0.25, 0.3) is 0 Å². The molecule has 2 N–H and O–H groups in total. The van der Waals surface area contributed by atoms with Gasteiger partial charge in [0, 0.05) is 18.6 Å². The average molecular weight is 319 g/mol. The number of ether oxygens (including phenoxy) is 1. The lowest BCUT2D eigenvalue weighted by Crippen LogP contribution is -2.47. The van der Waals surface area contributed by atoms with Gasteiger partial charge in [-0.05, 0) is 44.7 Å². The molecule has 2 saturated heterocycles. The van der Waals surface area contributed by atoms with Gasteiger partial charge in [-0.3, -0.25) is 4.79 Å². The first-order valence-corrected chi connectivity index (χ1v) is 8.37. The van der Waals surface area contributed by atoms with Crippen LogP contribution in [0.15, 0.2) is 0 Å². The molecule has 0 aromatic rings. The summed E-state index contributed by atoms with van der Waals surface area (Å²) in [4.78, 5) is 12.3. The van der Waals surface area contributed by atoms with Crippen molar-refractivity contribution >= 4 is 18.3 Å². The molecule has 0 aromatic carbocycles. The van der Waals surface area contributed by atoms with Crippen LogP contribution in [0.4, 0.5) is 0 Å². The van der Waals surface area contributed by atoms with Crippen LogP contribution in [0.2, 0.25) is 0 Å². The van der Waals surface area contributed by atoms with Crippen LogP contribution in [0, 0.1) is 11.8 Å². The molecule has 0 aromatic heterocycles. The zero-order chi connectivity index (χ0) is 14.4. The first-order chi connectivity index (χ1) is 9.74. The van der Waals surface area contributed by atoms with E-state index >= 15 is 0 Å². The summed E-state index contributed by atoms with van der Waals surface area (Å²) in [5.74, 6) is 1.11. The molecular weight excluding hydrogens is 288 g/mol. The molecule has 0 spiro atoms. The molecule has 0 bridgehead atoms. The number of nitrogens with one attached hydrogen (secondary N) is 2. The Morgan fingerprint density at radius 2 is 1.90 bits per heavy atom. The molecule has 124 valence electrons. The lowest BCUT2D eigenvalue weighted by atomic mass is 9.88. The summed E-state index contributed by atoms with van der Waals surface area (Å²) >= 11 is 0. The normalized spacial score (nSPS) is 27.2. The minimum absolute atomic E-state index is 0. The quantitative estimate of drug-likeness (QED) is 0.819. The lowest BCUT2D eigenvalue weighted by Gasteiger charge is -2.35. The summed E-state index contributed by atoms with van der Waals surface area (Å²) in [6.45, 7) is 7.20. The second-order valence-electron chi connectivity index (χ2n) is 6.24. The zero-order valence-electron chi connectivity index (χ0n) is 13.4. The number of piperidine rings is 1. The highest BCUT2D eigenvalue weighted by atomic mass is 35.5. The van der Waals surface area contributed by atoms with Gasteiger partial charge in [0.05, 0.1) is 6.10 Å².